The third kappa shape index (κ3) is 2.74. The number of rotatable bonds is 2. The van der Waals surface area contributed by atoms with Crippen LogP contribution in [0.5, 0.6) is 0 Å². The summed E-state index contributed by atoms with van der Waals surface area (Å²) < 4.78 is 29.6. The third-order valence-electron chi connectivity index (χ3n) is 5.31. The van der Waals surface area contributed by atoms with Gasteiger partial charge in [-0.1, -0.05) is 42.5 Å². The van der Waals surface area contributed by atoms with Crippen molar-refractivity contribution < 1.29 is 8.78 Å². The Morgan fingerprint density at radius 1 is 0.929 bits per heavy atom. The zero-order valence-corrected chi connectivity index (χ0v) is 15.3. The highest BCUT2D eigenvalue weighted by Crippen LogP contribution is 2.37. The molecule has 5 heteroatoms. The molecule has 0 bridgehead atoms. The molecule has 0 saturated carbocycles. The Hall–Kier alpha value is -3.21. The zero-order chi connectivity index (χ0) is 19.1. The monoisotopic (exact) mass is 375 g/mol. The van der Waals surface area contributed by atoms with Gasteiger partial charge in [-0.25, -0.2) is 13.5 Å². The van der Waals surface area contributed by atoms with Gasteiger partial charge in [0.15, 0.2) is 5.82 Å². The van der Waals surface area contributed by atoms with Gasteiger partial charge in [-0.15, -0.1) is 0 Å². The number of fused-ring (bicyclic) bond motifs is 2. The topological polar surface area (TPSA) is 29.9 Å². The minimum atomic E-state index is -0.624. The molecule has 0 fully saturated rings. The average Bonchev–Trinajstić information content (AvgIpc) is 2.88. The van der Waals surface area contributed by atoms with Crippen LogP contribution in [-0.2, 0) is 6.42 Å². The first-order valence-corrected chi connectivity index (χ1v) is 9.52. The van der Waals surface area contributed by atoms with Gasteiger partial charge in [-0.2, -0.15) is 5.10 Å². The van der Waals surface area contributed by atoms with Gasteiger partial charge in [-0.3, -0.25) is 0 Å². The van der Waals surface area contributed by atoms with E-state index in [1.165, 1.54) is 12.1 Å². The van der Waals surface area contributed by atoms with Crippen LogP contribution in [0, 0.1) is 11.6 Å². The van der Waals surface area contributed by atoms with E-state index in [1.807, 2.05) is 18.2 Å². The Labute approximate surface area is 161 Å². The number of hydrogen-bond acceptors (Lipinski definition) is 2. The molecule has 1 aliphatic rings. The third-order valence-corrected chi connectivity index (χ3v) is 5.31. The van der Waals surface area contributed by atoms with Crippen molar-refractivity contribution in [2.45, 2.75) is 19.3 Å². The normalized spacial score (nSPS) is 13.8. The van der Waals surface area contributed by atoms with E-state index >= 15 is 0 Å². The summed E-state index contributed by atoms with van der Waals surface area (Å²) in [5.74, 6) is -0.423. The molecule has 1 aromatic heterocycles. The number of anilines is 1. The molecule has 5 rings (SSSR count). The molecule has 140 valence electrons. The summed E-state index contributed by atoms with van der Waals surface area (Å²) in [5, 5.41) is 10.5. The average molecular weight is 375 g/mol. The molecule has 2 heterocycles. The van der Waals surface area contributed by atoms with Gasteiger partial charge in [0, 0.05) is 23.7 Å². The summed E-state index contributed by atoms with van der Waals surface area (Å²) in [7, 11) is 0. The molecule has 0 aliphatic carbocycles. The fourth-order valence-corrected chi connectivity index (χ4v) is 3.98. The Morgan fingerprint density at radius 3 is 2.68 bits per heavy atom. The van der Waals surface area contributed by atoms with Crippen molar-refractivity contribution >= 4 is 16.6 Å². The fraction of sp³-hybridized carbons (Fsp3) is 0.174. The largest absolute Gasteiger partial charge is 0.370 e. The van der Waals surface area contributed by atoms with Crippen LogP contribution < -0.4 is 5.32 Å². The molecule has 3 nitrogen and oxygen atoms in total. The summed E-state index contributed by atoms with van der Waals surface area (Å²) in [6.07, 6.45) is 2.94. The smallest absolute Gasteiger partial charge is 0.151 e. The first-order chi connectivity index (χ1) is 13.7. The summed E-state index contributed by atoms with van der Waals surface area (Å²) in [6, 6.07) is 17.9. The summed E-state index contributed by atoms with van der Waals surface area (Å²) in [6.45, 7) is 0.802. The van der Waals surface area contributed by atoms with Crippen LogP contribution in [0.1, 0.15) is 18.4 Å². The van der Waals surface area contributed by atoms with Gasteiger partial charge < -0.3 is 5.32 Å². The number of hydrogen-bond donors (Lipinski definition) is 1. The SMILES string of the molecule is Fc1ccc(-n2nc(-c3cccc4ccccc34)c3c2NCCCC3)c(F)c1. The number of nitrogens with zero attached hydrogens (tertiary/aromatic N) is 2. The van der Waals surface area contributed by atoms with Crippen molar-refractivity contribution in [3.05, 3.63) is 77.9 Å². The second-order valence-corrected chi connectivity index (χ2v) is 7.09. The summed E-state index contributed by atoms with van der Waals surface area (Å²) in [4.78, 5) is 0. The Bertz CT molecular complexity index is 1170. The van der Waals surface area contributed by atoms with Gasteiger partial charge in [0.1, 0.15) is 17.3 Å². The van der Waals surface area contributed by atoms with Crippen LogP contribution >= 0.6 is 0 Å². The van der Waals surface area contributed by atoms with Crippen molar-refractivity contribution in [1.29, 1.82) is 0 Å². The maximum Gasteiger partial charge on any atom is 0.151 e. The van der Waals surface area contributed by atoms with Crippen molar-refractivity contribution in [3.8, 4) is 16.9 Å². The minimum Gasteiger partial charge on any atom is -0.370 e. The zero-order valence-electron chi connectivity index (χ0n) is 15.3. The van der Waals surface area contributed by atoms with Gasteiger partial charge in [0.25, 0.3) is 0 Å². The Morgan fingerprint density at radius 2 is 1.79 bits per heavy atom. The molecular formula is C23H19F2N3. The summed E-state index contributed by atoms with van der Waals surface area (Å²) in [5.41, 5.74) is 3.21. The number of benzene rings is 3. The van der Waals surface area contributed by atoms with Crippen LogP contribution in [0.25, 0.3) is 27.7 Å². The van der Waals surface area contributed by atoms with E-state index in [-0.39, 0.29) is 5.69 Å². The fourth-order valence-electron chi connectivity index (χ4n) is 3.98. The van der Waals surface area contributed by atoms with Gasteiger partial charge >= 0.3 is 0 Å². The highest BCUT2D eigenvalue weighted by Gasteiger charge is 2.24. The van der Waals surface area contributed by atoms with Gasteiger partial charge in [0.05, 0.1) is 5.69 Å². The van der Waals surface area contributed by atoms with Gasteiger partial charge in [0.2, 0.25) is 0 Å². The molecule has 0 amide bonds. The van der Waals surface area contributed by atoms with Crippen molar-refractivity contribution in [1.82, 2.24) is 9.78 Å². The van der Waals surface area contributed by atoms with E-state index in [0.717, 1.165) is 65.3 Å². The molecule has 0 saturated heterocycles. The van der Waals surface area contributed by atoms with Crippen molar-refractivity contribution in [2.75, 3.05) is 11.9 Å². The van der Waals surface area contributed by atoms with E-state index < -0.39 is 11.6 Å². The number of aromatic nitrogens is 2. The van der Waals surface area contributed by atoms with E-state index in [4.69, 9.17) is 5.10 Å². The molecular weight excluding hydrogens is 356 g/mol. The summed E-state index contributed by atoms with van der Waals surface area (Å²) >= 11 is 0. The minimum absolute atomic E-state index is 0.249. The van der Waals surface area contributed by atoms with Gasteiger partial charge in [-0.05, 0) is 42.2 Å². The maximum atomic E-state index is 14.5. The predicted molar refractivity (Wildman–Crippen MR) is 108 cm³/mol. The lowest BCUT2D eigenvalue weighted by Gasteiger charge is -2.10. The lowest BCUT2D eigenvalue weighted by molar-refractivity contribution is 0.574. The van der Waals surface area contributed by atoms with Crippen molar-refractivity contribution in [3.63, 3.8) is 0 Å². The Kier molecular flexibility index (Phi) is 4.08. The first kappa shape index (κ1) is 16.9. The van der Waals surface area contributed by atoms with E-state index in [2.05, 4.69) is 29.6 Å². The van der Waals surface area contributed by atoms with Crippen LogP contribution in [0.3, 0.4) is 0 Å². The molecule has 1 aliphatic heterocycles. The maximum absolute atomic E-state index is 14.5. The quantitative estimate of drug-likeness (QED) is 0.486. The first-order valence-electron chi connectivity index (χ1n) is 9.52. The Balaban J connectivity index is 1.78. The van der Waals surface area contributed by atoms with Crippen LogP contribution in [-0.4, -0.2) is 16.3 Å². The molecule has 0 unspecified atom stereocenters. The highest BCUT2D eigenvalue weighted by atomic mass is 19.1. The predicted octanol–water partition coefficient (Wildman–Crippen LogP) is 5.72. The van der Waals surface area contributed by atoms with Crippen LogP contribution in [0.2, 0.25) is 0 Å². The highest BCUT2D eigenvalue weighted by molar-refractivity contribution is 5.97. The standard InChI is InChI=1S/C23H19F2N3/c24-16-11-12-21(20(25)14-16)28-23-19(9-3-4-13-26-23)22(27-28)18-10-5-7-15-6-1-2-8-17(15)18/h1-2,5-8,10-12,14,26H,3-4,9,13H2. The van der Waals surface area contributed by atoms with E-state index in [0.29, 0.717) is 0 Å². The van der Waals surface area contributed by atoms with Crippen molar-refractivity contribution in [2.24, 2.45) is 0 Å². The van der Waals surface area contributed by atoms with Crippen LogP contribution in [0.4, 0.5) is 14.6 Å². The lowest BCUT2D eigenvalue weighted by Crippen LogP contribution is -2.08. The van der Waals surface area contributed by atoms with E-state index in [9.17, 15) is 8.78 Å². The molecule has 0 radical (unpaired) electrons. The molecule has 1 N–H and O–H groups in total. The van der Waals surface area contributed by atoms with Crippen LogP contribution in [0.15, 0.2) is 60.7 Å². The molecule has 0 spiro atoms. The molecule has 28 heavy (non-hydrogen) atoms. The second-order valence-electron chi connectivity index (χ2n) is 7.09. The number of halogens is 2. The lowest BCUT2D eigenvalue weighted by atomic mass is 9.98. The number of nitrogens with one attached hydrogen (secondary N) is 1. The molecule has 4 aromatic rings. The molecule has 0 atom stereocenters. The second kappa shape index (κ2) is 6.75. The molecule has 3 aromatic carbocycles. The van der Waals surface area contributed by atoms with E-state index in [1.54, 1.807) is 4.68 Å².